The second-order valence-electron chi connectivity index (χ2n) is 7.17. The molecule has 1 amide bonds. The molecule has 2 saturated heterocycles. The van der Waals surface area contributed by atoms with Crippen LogP contribution in [0.1, 0.15) is 18.4 Å². The van der Waals surface area contributed by atoms with Crippen LogP contribution in [0, 0.1) is 5.92 Å². The molecule has 1 aromatic heterocycles. The van der Waals surface area contributed by atoms with Gasteiger partial charge in [-0.25, -0.2) is 0 Å². The fourth-order valence-corrected chi connectivity index (χ4v) is 3.93. The summed E-state index contributed by atoms with van der Waals surface area (Å²) in [4.78, 5) is 16.3. The number of nitrogens with zero attached hydrogens (tertiary/aromatic N) is 4. The summed E-state index contributed by atoms with van der Waals surface area (Å²) in [7, 11) is 1.53. The molecule has 2 atom stereocenters. The molecule has 1 N–H and O–H groups in total. The molecule has 7 heteroatoms. The van der Waals surface area contributed by atoms with Gasteiger partial charge in [0.15, 0.2) is 0 Å². The van der Waals surface area contributed by atoms with Crippen molar-refractivity contribution in [1.29, 1.82) is 0 Å². The van der Waals surface area contributed by atoms with Crippen molar-refractivity contribution in [2.45, 2.75) is 31.5 Å². The average molecular weight is 348 g/mol. The molecule has 2 fully saturated rings. The number of likely N-dealkylation sites (tertiary alicyclic amines) is 2. The topological polar surface area (TPSA) is 70.8 Å². The molecule has 2 aliphatic rings. The van der Waals surface area contributed by atoms with Crippen LogP contribution in [0.5, 0.6) is 0 Å². The van der Waals surface area contributed by atoms with Gasteiger partial charge in [0.2, 0.25) is 5.91 Å². The first-order chi connectivity index (χ1) is 12.0. The van der Waals surface area contributed by atoms with Crippen molar-refractivity contribution in [2.75, 3.05) is 39.9 Å². The average Bonchev–Trinajstić information content (AvgIpc) is 3.02. The molecule has 0 unspecified atom stereocenters. The number of carbonyl (C=O) groups excluding carboxylic acids is 1. The Morgan fingerprint density at radius 1 is 1.48 bits per heavy atom. The Morgan fingerprint density at radius 3 is 3.04 bits per heavy atom. The standard InChI is InChI=1S/C18H28N4O3/c1-3-6-22-11-15(9-19-22)10-20-7-4-18(24)5-8-21(13-16(18)12-20)17(23)14-25-2/h3,9,11,16,24H,1,4-8,10,12-14H2,2H3/t16-,18-/m0/s1. The van der Waals surface area contributed by atoms with Crippen molar-refractivity contribution < 1.29 is 14.6 Å². The predicted molar refractivity (Wildman–Crippen MR) is 93.8 cm³/mol. The quantitative estimate of drug-likeness (QED) is 0.758. The third kappa shape index (κ3) is 4.11. The molecule has 25 heavy (non-hydrogen) atoms. The van der Waals surface area contributed by atoms with Gasteiger partial charge in [0.1, 0.15) is 6.61 Å². The molecule has 1 aromatic rings. The number of carbonyl (C=O) groups is 1. The number of piperidine rings is 2. The van der Waals surface area contributed by atoms with Gasteiger partial charge in [0.25, 0.3) is 0 Å². The Balaban J connectivity index is 1.60. The molecular weight excluding hydrogens is 320 g/mol. The van der Waals surface area contributed by atoms with E-state index in [-0.39, 0.29) is 18.4 Å². The predicted octanol–water partition coefficient (Wildman–Crippen LogP) is 0.501. The van der Waals surface area contributed by atoms with E-state index in [1.54, 1.807) is 0 Å². The van der Waals surface area contributed by atoms with Crippen LogP contribution in [-0.4, -0.2) is 76.1 Å². The van der Waals surface area contributed by atoms with E-state index in [1.165, 1.54) is 7.11 Å². The van der Waals surface area contributed by atoms with Gasteiger partial charge >= 0.3 is 0 Å². The number of allylic oxidation sites excluding steroid dienone is 1. The maximum absolute atomic E-state index is 12.1. The molecule has 138 valence electrons. The molecule has 3 rings (SSSR count). The first kappa shape index (κ1) is 18.1. The van der Waals surface area contributed by atoms with Gasteiger partial charge in [-0.2, -0.15) is 5.10 Å². The minimum atomic E-state index is -0.645. The number of aliphatic hydroxyl groups is 1. The number of hydrogen-bond acceptors (Lipinski definition) is 5. The third-order valence-electron chi connectivity index (χ3n) is 5.38. The first-order valence-electron chi connectivity index (χ1n) is 8.88. The number of ether oxygens (including phenoxy) is 1. The van der Waals surface area contributed by atoms with E-state index in [4.69, 9.17) is 4.74 Å². The molecule has 0 spiro atoms. The van der Waals surface area contributed by atoms with Crippen molar-refractivity contribution in [3.05, 3.63) is 30.6 Å². The van der Waals surface area contributed by atoms with Crippen molar-refractivity contribution in [1.82, 2.24) is 19.6 Å². The van der Waals surface area contributed by atoms with E-state index >= 15 is 0 Å². The summed E-state index contributed by atoms with van der Waals surface area (Å²) in [6, 6.07) is 0. The second kappa shape index (κ2) is 7.68. The van der Waals surface area contributed by atoms with Crippen molar-refractivity contribution in [2.24, 2.45) is 5.92 Å². The lowest BCUT2D eigenvalue weighted by atomic mass is 9.75. The number of fused-ring (bicyclic) bond motifs is 1. The molecule has 7 nitrogen and oxygen atoms in total. The van der Waals surface area contributed by atoms with Gasteiger partial charge in [-0.3, -0.25) is 14.4 Å². The SMILES string of the molecule is C=CCn1cc(CN2CC[C@]3(O)CCN(C(=O)COC)C[C@@H]3C2)cn1. The Bertz CT molecular complexity index is 617. The summed E-state index contributed by atoms with van der Waals surface area (Å²) >= 11 is 0. The van der Waals surface area contributed by atoms with Crippen LogP contribution in [0.4, 0.5) is 0 Å². The zero-order chi connectivity index (χ0) is 17.9. The van der Waals surface area contributed by atoms with Crippen molar-refractivity contribution in [3.8, 4) is 0 Å². The largest absolute Gasteiger partial charge is 0.389 e. The normalized spacial score (nSPS) is 27.1. The summed E-state index contributed by atoms with van der Waals surface area (Å²) in [5.74, 6) is 0.0893. The summed E-state index contributed by atoms with van der Waals surface area (Å²) in [5, 5.41) is 15.3. The van der Waals surface area contributed by atoms with Gasteiger partial charge in [-0.05, 0) is 12.8 Å². The Morgan fingerprint density at radius 2 is 2.28 bits per heavy atom. The number of amides is 1. The fourth-order valence-electron chi connectivity index (χ4n) is 3.93. The molecule has 0 aromatic carbocycles. The van der Waals surface area contributed by atoms with Crippen molar-refractivity contribution >= 4 is 5.91 Å². The van der Waals surface area contributed by atoms with Crippen LogP contribution in [0.15, 0.2) is 25.0 Å². The maximum atomic E-state index is 12.1. The van der Waals surface area contributed by atoms with Crippen LogP contribution >= 0.6 is 0 Å². The Kier molecular flexibility index (Phi) is 5.56. The monoisotopic (exact) mass is 348 g/mol. The summed E-state index contributed by atoms with van der Waals surface area (Å²) in [6.45, 7) is 8.23. The van der Waals surface area contributed by atoms with Gasteiger partial charge in [0.05, 0.1) is 18.3 Å². The maximum Gasteiger partial charge on any atom is 0.248 e. The summed E-state index contributed by atoms with van der Waals surface area (Å²) in [6.07, 6.45) is 7.16. The summed E-state index contributed by atoms with van der Waals surface area (Å²) < 4.78 is 6.83. The first-order valence-corrected chi connectivity index (χ1v) is 8.88. The number of methoxy groups -OCH3 is 1. The van der Waals surface area contributed by atoms with Gasteiger partial charge in [-0.1, -0.05) is 6.08 Å². The van der Waals surface area contributed by atoms with Gasteiger partial charge < -0.3 is 14.7 Å². The Labute approximate surface area is 148 Å². The lowest BCUT2D eigenvalue weighted by Gasteiger charge is -2.50. The molecule has 0 saturated carbocycles. The highest BCUT2D eigenvalue weighted by Crippen LogP contribution is 2.35. The minimum Gasteiger partial charge on any atom is -0.389 e. The molecule has 0 bridgehead atoms. The summed E-state index contributed by atoms with van der Waals surface area (Å²) in [5.41, 5.74) is 0.517. The van der Waals surface area contributed by atoms with Crippen molar-refractivity contribution in [3.63, 3.8) is 0 Å². The molecule has 0 radical (unpaired) electrons. The van der Waals surface area contributed by atoms with Crippen LogP contribution in [0.2, 0.25) is 0 Å². The van der Waals surface area contributed by atoms with Crippen LogP contribution in [0.3, 0.4) is 0 Å². The minimum absolute atomic E-state index is 0.00683. The highest BCUT2D eigenvalue weighted by Gasteiger charge is 2.45. The van der Waals surface area contributed by atoms with E-state index in [2.05, 4.69) is 16.6 Å². The molecule has 3 heterocycles. The van der Waals surface area contributed by atoms with Gasteiger partial charge in [-0.15, -0.1) is 6.58 Å². The molecule has 2 aliphatic heterocycles. The fraction of sp³-hybridized carbons (Fsp3) is 0.667. The third-order valence-corrected chi connectivity index (χ3v) is 5.38. The Hall–Kier alpha value is -1.70. The van der Waals surface area contributed by atoms with E-state index in [0.29, 0.717) is 26.1 Å². The van der Waals surface area contributed by atoms with E-state index in [0.717, 1.165) is 31.6 Å². The smallest absolute Gasteiger partial charge is 0.248 e. The number of aromatic nitrogens is 2. The molecular formula is C18H28N4O3. The molecule has 0 aliphatic carbocycles. The zero-order valence-electron chi connectivity index (χ0n) is 14.9. The zero-order valence-corrected chi connectivity index (χ0v) is 14.9. The van der Waals surface area contributed by atoms with E-state index in [9.17, 15) is 9.90 Å². The number of hydrogen-bond donors (Lipinski definition) is 1. The van der Waals surface area contributed by atoms with Crippen LogP contribution < -0.4 is 0 Å². The van der Waals surface area contributed by atoms with E-state index < -0.39 is 5.60 Å². The second-order valence-corrected chi connectivity index (χ2v) is 7.17. The van der Waals surface area contributed by atoms with E-state index in [1.807, 2.05) is 28.1 Å². The van der Waals surface area contributed by atoms with Crippen LogP contribution in [-0.2, 0) is 22.6 Å². The lowest BCUT2D eigenvalue weighted by Crippen LogP contribution is -2.60. The highest BCUT2D eigenvalue weighted by atomic mass is 16.5. The van der Waals surface area contributed by atoms with Gasteiger partial charge in [0, 0.05) is 57.5 Å². The number of rotatable bonds is 6. The lowest BCUT2D eigenvalue weighted by molar-refractivity contribution is -0.150. The van der Waals surface area contributed by atoms with Crippen LogP contribution in [0.25, 0.3) is 0 Å². The highest BCUT2D eigenvalue weighted by molar-refractivity contribution is 5.77.